The fourth-order valence-electron chi connectivity index (χ4n) is 2.29. The van der Waals surface area contributed by atoms with Crippen LogP contribution in [0.25, 0.3) is 0 Å². The van der Waals surface area contributed by atoms with Gasteiger partial charge < -0.3 is 14.1 Å². The van der Waals surface area contributed by atoms with E-state index < -0.39 is 5.82 Å². The summed E-state index contributed by atoms with van der Waals surface area (Å²) in [5.74, 6) is 0.0339. The Morgan fingerprint density at radius 3 is 3.00 bits per heavy atom. The van der Waals surface area contributed by atoms with Crippen LogP contribution < -0.4 is 9.64 Å². The number of para-hydroxylation sites is 1. The van der Waals surface area contributed by atoms with Crippen LogP contribution in [0.5, 0.6) is 5.75 Å². The molecule has 0 aliphatic carbocycles. The SMILES string of the molecule is Cc1nnc(CC(=O)N2C[C@@H](C)Oc3c(F)cccc32)o1. The van der Waals surface area contributed by atoms with Gasteiger partial charge in [-0.15, -0.1) is 10.2 Å². The number of hydrogen-bond acceptors (Lipinski definition) is 5. The predicted octanol–water partition coefficient (Wildman–Crippen LogP) is 1.87. The molecule has 7 heteroatoms. The molecular formula is C14H14FN3O3. The summed E-state index contributed by atoms with van der Waals surface area (Å²) in [7, 11) is 0. The minimum Gasteiger partial charge on any atom is -0.484 e. The van der Waals surface area contributed by atoms with E-state index in [-0.39, 0.29) is 30.1 Å². The second kappa shape index (κ2) is 5.16. The second-order valence-electron chi connectivity index (χ2n) is 4.91. The lowest BCUT2D eigenvalue weighted by Gasteiger charge is -2.33. The highest BCUT2D eigenvalue weighted by Crippen LogP contribution is 2.35. The lowest BCUT2D eigenvalue weighted by molar-refractivity contribution is -0.118. The number of halogens is 1. The molecule has 1 aromatic heterocycles. The molecule has 1 aliphatic heterocycles. The van der Waals surface area contributed by atoms with Crippen molar-refractivity contribution in [3.63, 3.8) is 0 Å². The first-order valence-electron chi connectivity index (χ1n) is 6.59. The van der Waals surface area contributed by atoms with Crippen molar-refractivity contribution >= 4 is 11.6 Å². The van der Waals surface area contributed by atoms with Crippen molar-refractivity contribution in [2.45, 2.75) is 26.4 Å². The zero-order chi connectivity index (χ0) is 15.0. The van der Waals surface area contributed by atoms with Crippen LogP contribution in [0, 0.1) is 12.7 Å². The van der Waals surface area contributed by atoms with Crippen molar-refractivity contribution in [3.05, 3.63) is 35.8 Å². The number of fused-ring (bicyclic) bond motifs is 1. The zero-order valence-electron chi connectivity index (χ0n) is 11.7. The summed E-state index contributed by atoms with van der Waals surface area (Å²) in [6, 6.07) is 4.51. The smallest absolute Gasteiger partial charge is 0.236 e. The van der Waals surface area contributed by atoms with Gasteiger partial charge in [0.2, 0.25) is 17.7 Å². The second-order valence-corrected chi connectivity index (χ2v) is 4.91. The minimum absolute atomic E-state index is 0.0243. The van der Waals surface area contributed by atoms with Crippen LogP contribution >= 0.6 is 0 Å². The number of hydrogen-bond donors (Lipinski definition) is 0. The quantitative estimate of drug-likeness (QED) is 0.845. The molecule has 6 nitrogen and oxygen atoms in total. The molecule has 1 atom stereocenters. The molecule has 110 valence electrons. The highest BCUT2D eigenvalue weighted by Gasteiger charge is 2.30. The molecule has 2 heterocycles. The number of carbonyl (C=O) groups excluding carboxylic acids is 1. The van der Waals surface area contributed by atoms with Gasteiger partial charge in [-0.2, -0.15) is 0 Å². The van der Waals surface area contributed by atoms with Gasteiger partial charge in [0.25, 0.3) is 0 Å². The van der Waals surface area contributed by atoms with E-state index in [0.29, 0.717) is 18.1 Å². The van der Waals surface area contributed by atoms with Crippen molar-refractivity contribution in [1.29, 1.82) is 0 Å². The topological polar surface area (TPSA) is 68.5 Å². The van der Waals surface area contributed by atoms with Crippen LogP contribution in [-0.2, 0) is 11.2 Å². The van der Waals surface area contributed by atoms with Crippen molar-refractivity contribution in [2.75, 3.05) is 11.4 Å². The largest absolute Gasteiger partial charge is 0.484 e. The Labute approximate surface area is 120 Å². The Morgan fingerprint density at radius 1 is 1.48 bits per heavy atom. The molecule has 0 saturated heterocycles. The maximum absolute atomic E-state index is 13.8. The maximum atomic E-state index is 13.8. The zero-order valence-corrected chi connectivity index (χ0v) is 11.7. The molecule has 0 saturated carbocycles. The third-order valence-corrected chi connectivity index (χ3v) is 3.17. The average molecular weight is 291 g/mol. The van der Waals surface area contributed by atoms with Crippen LogP contribution in [0.4, 0.5) is 10.1 Å². The fraction of sp³-hybridized carbons (Fsp3) is 0.357. The van der Waals surface area contributed by atoms with Crippen molar-refractivity contribution in [1.82, 2.24) is 10.2 Å². The van der Waals surface area contributed by atoms with E-state index in [2.05, 4.69) is 10.2 Å². The summed E-state index contributed by atoms with van der Waals surface area (Å²) in [4.78, 5) is 13.9. The lowest BCUT2D eigenvalue weighted by Crippen LogP contribution is -2.43. The van der Waals surface area contributed by atoms with E-state index in [9.17, 15) is 9.18 Å². The van der Waals surface area contributed by atoms with Crippen molar-refractivity contribution < 1.29 is 18.3 Å². The fourth-order valence-corrected chi connectivity index (χ4v) is 2.29. The molecule has 21 heavy (non-hydrogen) atoms. The highest BCUT2D eigenvalue weighted by molar-refractivity contribution is 5.96. The third-order valence-electron chi connectivity index (χ3n) is 3.17. The molecule has 0 N–H and O–H groups in total. The molecule has 0 fully saturated rings. The van der Waals surface area contributed by atoms with Crippen LogP contribution in [0.15, 0.2) is 22.6 Å². The first-order chi connectivity index (χ1) is 10.0. The number of benzene rings is 1. The number of carbonyl (C=O) groups is 1. The van der Waals surface area contributed by atoms with E-state index in [4.69, 9.17) is 9.15 Å². The van der Waals surface area contributed by atoms with Gasteiger partial charge in [0, 0.05) is 6.92 Å². The Balaban J connectivity index is 1.88. The van der Waals surface area contributed by atoms with Crippen LogP contribution in [0.1, 0.15) is 18.7 Å². The normalized spacial score (nSPS) is 17.3. The summed E-state index contributed by atoms with van der Waals surface area (Å²) in [6.45, 7) is 3.79. The van der Waals surface area contributed by atoms with Crippen LogP contribution in [-0.4, -0.2) is 28.8 Å². The van der Waals surface area contributed by atoms with Gasteiger partial charge in [-0.3, -0.25) is 4.79 Å². The van der Waals surface area contributed by atoms with Gasteiger partial charge in [0.1, 0.15) is 12.5 Å². The number of aromatic nitrogens is 2. The molecule has 1 aromatic carbocycles. The molecule has 1 amide bonds. The van der Waals surface area contributed by atoms with Gasteiger partial charge in [-0.05, 0) is 19.1 Å². The maximum Gasteiger partial charge on any atom is 0.236 e. The summed E-state index contributed by atoms with van der Waals surface area (Å²) < 4.78 is 24.5. The molecule has 1 aliphatic rings. The first kappa shape index (κ1) is 13.5. The molecule has 0 unspecified atom stereocenters. The van der Waals surface area contributed by atoms with Crippen LogP contribution in [0.3, 0.4) is 0 Å². The molecule has 0 bridgehead atoms. The van der Waals surface area contributed by atoms with Gasteiger partial charge >= 0.3 is 0 Å². The number of ether oxygens (including phenoxy) is 1. The molecule has 0 radical (unpaired) electrons. The Hall–Kier alpha value is -2.44. The van der Waals surface area contributed by atoms with E-state index in [0.717, 1.165) is 0 Å². The Bertz CT molecular complexity index is 686. The molecule has 3 rings (SSSR count). The van der Waals surface area contributed by atoms with Crippen LogP contribution in [0.2, 0.25) is 0 Å². The summed E-state index contributed by atoms with van der Waals surface area (Å²) >= 11 is 0. The molecule has 0 spiro atoms. The summed E-state index contributed by atoms with van der Waals surface area (Å²) in [6.07, 6.45) is -0.313. The number of rotatable bonds is 2. The van der Waals surface area contributed by atoms with E-state index in [1.54, 1.807) is 26.0 Å². The van der Waals surface area contributed by atoms with E-state index in [1.165, 1.54) is 11.0 Å². The monoisotopic (exact) mass is 291 g/mol. The van der Waals surface area contributed by atoms with Crippen molar-refractivity contribution in [3.8, 4) is 5.75 Å². The Morgan fingerprint density at radius 2 is 2.29 bits per heavy atom. The predicted molar refractivity (Wildman–Crippen MR) is 71.6 cm³/mol. The van der Waals surface area contributed by atoms with E-state index in [1.807, 2.05) is 0 Å². The number of amides is 1. The minimum atomic E-state index is -0.481. The number of aryl methyl sites for hydroxylation is 1. The van der Waals surface area contributed by atoms with E-state index >= 15 is 0 Å². The Kier molecular flexibility index (Phi) is 3.32. The highest BCUT2D eigenvalue weighted by atomic mass is 19.1. The summed E-state index contributed by atoms with van der Waals surface area (Å²) in [5, 5.41) is 7.49. The third kappa shape index (κ3) is 2.58. The number of nitrogens with zero attached hydrogens (tertiary/aromatic N) is 3. The lowest BCUT2D eigenvalue weighted by atomic mass is 10.1. The first-order valence-corrected chi connectivity index (χ1v) is 6.59. The van der Waals surface area contributed by atoms with Gasteiger partial charge in [0.05, 0.1) is 12.2 Å². The number of anilines is 1. The standard InChI is InChI=1S/C14H14FN3O3/c1-8-7-18(11-5-3-4-10(15)14(11)20-8)13(19)6-12-17-16-9(2)21-12/h3-5,8H,6-7H2,1-2H3/t8-/m1/s1. The van der Waals surface area contributed by atoms with Crippen molar-refractivity contribution in [2.24, 2.45) is 0 Å². The van der Waals surface area contributed by atoms with Gasteiger partial charge in [0.15, 0.2) is 11.6 Å². The molecular weight excluding hydrogens is 277 g/mol. The van der Waals surface area contributed by atoms with Gasteiger partial charge in [-0.1, -0.05) is 6.07 Å². The average Bonchev–Trinajstić information content (AvgIpc) is 2.84. The molecule has 2 aromatic rings. The summed E-state index contributed by atoms with van der Waals surface area (Å²) in [5.41, 5.74) is 0.425. The van der Waals surface area contributed by atoms with Gasteiger partial charge in [-0.25, -0.2) is 4.39 Å².